The highest BCUT2D eigenvalue weighted by molar-refractivity contribution is 5.94. The Balaban J connectivity index is 1.60. The van der Waals surface area contributed by atoms with Crippen LogP contribution in [-0.2, 0) is 18.4 Å². The number of aromatic nitrogens is 1. The van der Waals surface area contributed by atoms with Gasteiger partial charge in [-0.05, 0) is 42.7 Å². The molecule has 1 fully saturated rings. The maximum Gasteiger partial charge on any atom is 0.227 e. The number of rotatable bonds is 5. The van der Waals surface area contributed by atoms with Crippen LogP contribution in [0.25, 0.3) is 0 Å². The summed E-state index contributed by atoms with van der Waals surface area (Å²) in [7, 11) is 2.01. The first-order valence-electron chi connectivity index (χ1n) is 6.96. The molecule has 0 unspecified atom stereocenters. The van der Waals surface area contributed by atoms with Gasteiger partial charge < -0.3 is 15.2 Å². The minimum Gasteiger partial charge on any atom is -0.381 e. The molecule has 0 radical (unpaired) electrons. The van der Waals surface area contributed by atoms with Crippen molar-refractivity contribution in [1.82, 2.24) is 4.57 Å². The summed E-state index contributed by atoms with van der Waals surface area (Å²) in [4.78, 5) is 11.7. The smallest absolute Gasteiger partial charge is 0.227 e. The van der Waals surface area contributed by atoms with E-state index in [9.17, 15) is 4.79 Å². The highest BCUT2D eigenvalue weighted by Gasteiger charge is 2.29. The Kier molecular flexibility index (Phi) is 3.46. The van der Waals surface area contributed by atoms with Gasteiger partial charge in [-0.2, -0.15) is 0 Å². The number of nitrogens with zero attached hydrogens (tertiary/aromatic N) is 1. The topological polar surface area (TPSA) is 46.1 Å². The van der Waals surface area contributed by atoms with Crippen molar-refractivity contribution in [1.29, 1.82) is 0 Å². The van der Waals surface area contributed by atoms with E-state index in [4.69, 9.17) is 0 Å². The standard InChI is InChI=1S/C16H19N3O/c1-19-8-7-12(11-19)10-17-14-3-2-4-15(9-14)18-16(20)13-5-6-13/h2-4,7-9,11,13,17H,5-6,10H2,1H3,(H,18,20). The van der Waals surface area contributed by atoms with Gasteiger partial charge in [-0.1, -0.05) is 6.07 Å². The van der Waals surface area contributed by atoms with Crippen molar-refractivity contribution in [2.75, 3.05) is 10.6 Å². The van der Waals surface area contributed by atoms with Crippen molar-refractivity contribution < 1.29 is 4.79 Å². The molecular weight excluding hydrogens is 250 g/mol. The van der Waals surface area contributed by atoms with Gasteiger partial charge in [0.15, 0.2) is 0 Å². The number of aryl methyl sites for hydroxylation is 1. The molecule has 2 N–H and O–H groups in total. The van der Waals surface area contributed by atoms with Crippen LogP contribution in [-0.4, -0.2) is 10.5 Å². The molecule has 4 nitrogen and oxygen atoms in total. The minimum absolute atomic E-state index is 0.144. The van der Waals surface area contributed by atoms with Gasteiger partial charge in [0.2, 0.25) is 5.91 Å². The third kappa shape index (κ3) is 3.20. The lowest BCUT2D eigenvalue weighted by Crippen LogP contribution is -2.13. The number of carbonyl (C=O) groups excluding carboxylic acids is 1. The fraction of sp³-hybridized carbons (Fsp3) is 0.312. The molecule has 1 aliphatic rings. The fourth-order valence-corrected chi connectivity index (χ4v) is 2.17. The number of nitrogens with one attached hydrogen (secondary N) is 2. The van der Waals surface area contributed by atoms with Crippen LogP contribution in [0.2, 0.25) is 0 Å². The van der Waals surface area contributed by atoms with Crippen LogP contribution in [0.5, 0.6) is 0 Å². The first kappa shape index (κ1) is 12.8. The molecule has 1 aromatic carbocycles. The molecule has 0 saturated heterocycles. The second-order valence-corrected chi connectivity index (χ2v) is 5.38. The Labute approximate surface area is 118 Å². The van der Waals surface area contributed by atoms with E-state index >= 15 is 0 Å². The SMILES string of the molecule is Cn1ccc(CNc2cccc(NC(=O)C3CC3)c2)c1. The predicted octanol–water partition coefficient (Wildman–Crippen LogP) is 2.99. The van der Waals surface area contributed by atoms with E-state index in [0.717, 1.165) is 30.8 Å². The molecule has 4 heteroatoms. The molecular formula is C16H19N3O. The van der Waals surface area contributed by atoms with Gasteiger partial charge in [0.05, 0.1) is 0 Å². The molecule has 104 valence electrons. The van der Waals surface area contributed by atoms with Gasteiger partial charge in [-0.25, -0.2) is 0 Å². The summed E-state index contributed by atoms with van der Waals surface area (Å²) in [6, 6.07) is 9.95. The lowest BCUT2D eigenvalue weighted by Gasteiger charge is -2.08. The zero-order chi connectivity index (χ0) is 13.9. The van der Waals surface area contributed by atoms with Crippen molar-refractivity contribution in [3.63, 3.8) is 0 Å². The monoisotopic (exact) mass is 269 g/mol. The summed E-state index contributed by atoms with van der Waals surface area (Å²) in [6.45, 7) is 0.779. The molecule has 0 bridgehead atoms. The van der Waals surface area contributed by atoms with Gasteiger partial charge in [0.25, 0.3) is 0 Å². The zero-order valence-electron chi connectivity index (χ0n) is 11.6. The van der Waals surface area contributed by atoms with Gasteiger partial charge >= 0.3 is 0 Å². The highest BCUT2D eigenvalue weighted by Crippen LogP contribution is 2.30. The van der Waals surface area contributed by atoms with Crippen LogP contribution in [0.15, 0.2) is 42.7 Å². The molecule has 0 aliphatic heterocycles. The summed E-state index contributed by atoms with van der Waals surface area (Å²) >= 11 is 0. The molecule has 2 aromatic rings. The van der Waals surface area contributed by atoms with E-state index < -0.39 is 0 Å². The Morgan fingerprint density at radius 2 is 2.10 bits per heavy atom. The Morgan fingerprint density at radius 3 is 2.80 bits per heavy atom. The summed E-state index contributed by atoms with van der Waals surface area (Å²) in [5.41, 5.74) is 3.11. The molecule has 1 aromatic heterocycles. The number of hydrogen-bond acceptors (Lipinski definition) is 2. The molecule has 0 atom stereocenters. The lowest BCUT2D eigenvalue weighted by molar-refractivity contribution is -0.117. The van der Waals surface area contributed by atoms with Crippen molar-refractivity contribution >= 4 is 17.3 Å². The molecule has 1 aliphatic carbocycles. The molecule has 1 amide bonds. The minimum atomic E-state index is 0.144. The van der Waals surface area contributed by atoms with Crippen LogP contribution < -0.4 is 10.6 Å². The zero-order valence-corrected chi connectivity index (χ0v) is 11.6. The van der Waals surface area contributed by atoms with Crippen LogP contribution >= 0.6 is 0 Å². The van der Waals surface area contributed by atoms with Gasteiger partial charge in [-0.3, -0.25) is 4.79 Å². The molecule has 1 saturated carbocycles. The normalized spacial score (nSPS) is 14.1. The number of amides is 1. The lowest BCUT2D eigenvalue weighted by atomic mass is 10.2. The summed E-state index contributed by atoms with van der Waals surface area (Å²) in [6.07, 6.45) is 6.17. The van der Waals surface area contributed by atoms with Crippen molar-refractivity contribution in [2.45, 2.75) is 19.4 Å². The van der Waals surface area contributed by atoms with Crippen LogP contribution in [0.1, 0.15) is 18.4 Å². The average molecular weight is 269 g/mol. The average Bonchev–Trinajstić information content (AvgIpc) is 3.20. The van der Waals surface area contributed by atoms with E-state index in [2.05, 4.69) is 22.9 Å². The van der Waals surface area contributed by atoms with E-state index in [1.807, 2.05) is 42.1 Å². The second-order valence-electron chi connectivity index (χ2n) is 5.38. The van der Waals surface area contributed by atoms with E-state index in [-0.39, 0.29) is 11.8 Å². The first-order chi connectivity index (χ1) is 9.70. The Morgan fingerprint density at radius 1 is 1.30 bits per heavy atom. The van der Waals surface area contributed by atoms with Crippen LogP contribution in [0, 0.1) is 5.92 Å². The number of benzene rings is 1. The van der Waals surface area contributed by atoms with Gasteiger partial charge in [0.1, 0.15) is 0 Å². The summed E-state index contributed by atoms with van der Waals surface area (Å²) < 4.78 is 2.03. The fourth-order valence-electron chi connectivity index (χ4n) is 2.17. The second kappa shape index (κ2) is 5.41. The maximum absolute atomic E-state index is 11.7. The summed E-state index contributed by atoms with van der Waals surface area (Å²) in [5, 5.41) is 6.33. The van der Waals surface area contributed by atoms with Crippen molar-refractivity contribution in [3.8, 4) is 0 Å². The third-order valence-electron chi connectivity index (χ3n) is 3.47. The van der Waals surface area contributed by atoms with Crippen molar-refractivity contribution in [2.24, 2.45) is 13.0 Å². The third-order valence-corrected chi connectivity index (χ3v) is 3.47. The van der Waals surface area contributed by atoms with Crippen molar-refractivity contribution in [3.05, 3.63) is 48.3 Å². The van der Waals surface area contributed by atoms with Crippen LogP contribution in [0.4, 0.5) is 11.4 Å². The predicted molar refractivity (Wildman–Crippen MR) is 80.5 cm³/mol. The highest BCUT2D eigenvalue weighted by atomic mass is 16.2. The van der Waals surface area contributed by atoms with Gasteiger partial charge in [-0.15, -0.1) is 0 Å². The Bertz CT molecular complexity index is 614. The number of carbonyl (C=O) groups is 1. The molecule has 3 rings (SSSR count). The largest absolute Gasteiger partial charge is 0.381 e. The number of hydrogen-bond donors (Lipinski definition) is 2. The maximum atomic E-state index is 11.7. The quantitative estimate of drug-likeness (QED) is 0.876. The van der Waals surface area contributed by atoms with Crippen LogP contribution in [0.3, 0.4) is 0 Å². The van der Waals surface area contributed by atoms with E-state index in [1.54, 1.807) is 0 Å². The molecule has 20 heavy (non-hydrogen) atoms. The van der Waals surface area contributed by atoms with E-state index in [0.29, 0.717) is 0 Å². The Hall–Kier alpha value is -2.23. The number of anilines is 2. The molecule has 0 spiro atoms. The summed E-state index contributed by atoms with van der Waals surface area (Å²) in [5.74, 6) is 0.376. The van der Waals surface area contributed by atoms with E-state index in [1.165, 1.54) is 5.56 Å². The first-order valence-corrected chi connectivity index (χ1v) is 6.96. The molecule has 1 heterocycles. The van der Waals surface area contributed by atoms with Gasteiger partial charge in [0, 0.05) is 43.3 Å².